The van der Waals surface area contributed by atoms with Crippen LogP contribution in [0.15, 0.2) is 24.3 Å². The van der Waals surface area contributed by atoms with E-state index in [0.29, 0.717) is 12.5 Å². The average molecular weight is 266 g/mol. The molecule has 0 aliphatic rings. The second-order valence-electron chi connectivity index (χ2n) is 5.11. The number of hydrogen-bond donors (Lipinski definition) is 1. The zero-order chi connectivity index (χ0) is 14.1. The lowest BCUT2D eigenvalue weighted by Crippen LogP contribution is -2.34. The summed E-state index contributed by atoms with van der Waals surface area (Å²) in [5, 5.41) is 0. The minimum atomic E-state index is 0.643. The first-order valence-electron chi connectivity index (χ1n) is 6.81. The Balaban J connectivity index is 2.34. The van der Waals surface area contributed by atoms with Crippen LogP contribution in [0.1, 0.15) is 13.8 Å². The van der Waals surface area contributed by atoms with Gasteiger partial charge in [-0.05, 0) is 18.1 Å². The molecule has 1 rings (SSSR count). The zero-order valence-electron chi connectivity index (χ0n) is 12.3. The standard InChI is InChI=1S/C15H26N2O2/c1-13(2)12-17(7-9-18-3)8-10-19-15-6-4-5-14(16)11-15/h4-6,11,13H,7-10,12,16H2,1-3H3. The van der Waals surface area contributed by atoms with Gasteiger partial charge < -0.3 is 15.2 Å². The predicted octanol–water partition coefficient (Wildman–Crippen LogP) is 2.25. The Bertz CT molecular complexity index is 356. The van der Waals surface area contributed by atoms with E-state index in [9.17, 15) is 0 Å². The van der Waals surface area contributed by atoms with Gasteiger partial charge >= 0.3 is 0 Å². The van der Waals surface area contributed by atoms with Crippen LogP contribution in [-0.2, 0) is 4.74 Å². The molecule has 0 amide bonds. The summed E-state index contributed by atoms with van der Waals surface area (Å²) in [5.41, 5.74) is 6.45. The molecule has 0 radical (unpaired) electrons. The van der Waals surface area contributed by atoms with Gasteiger partial charge in [-0.25, -0.2) is 0 Å². The van der Waals surface area contributed by atoms with E-state index in [-0.39, 0.29) is 0 Å². The Kier molecular flexibility index (Phi) is 7.30. The second kappa shape index (κ2) is 8.77. The molecule has 0 aromatic heterocycles. The van der Waals surface area contributed by atoms with Crippen molar-refractivity contribution in [3.8, 4) is 5.75 Å². The quantitative estimate of drug-likeness (QED) is 0.696. The van der Waals surface area contributed by atoms with Gasteiger partial charge in [0.15, 0.2) is 0 Å². The van der Waals surface area contributed by atoms with E-state index in [1.165, 1.54) is 0 Å². The fourth-order valence-electron chi connectivity index (χ4n) is 1.93. The van der Waals surface area contributed by atoms with Crippen LogP contribution in [0, 0.1) is 5.92 Å². The molecule has 4 nitrogen and oxygen atoms in total. The molecule has 0 fully saturated rings. The molecular weight excluding hydrogens is 240 g/mol. The maximum atomic E-state index is 5.72. The third kappa shape index (κ3) is 7.03. The van der Waals surface area contributed by atoms with Crippen LogP contribution in [0.4, 0.5) is 5.69 Å². The Hall–Kier alpha value is -1.26. The number of nitrogens with zero attached hydrogens (tertiary/aromatic N) is 1. The van der Waals surface area contributed by atoms with Gasteiger partial charge in [0.05, 0.1) is 6.61 Å². The van der Waals surface area contributed by atoms with E-state index in [0.717, 1.165) is 37.7 Å². The number of nitrogens with two attached hydrogens (primary N) is 1. The topological polar surface area (TPSA) is 47.7 Å². The molecule has 0 bridgehead atoms. The van der Waals surface area contributed by atoms with Crippen molar-refractivity contribution in [1.82, 2.24) is 4.90 Å². The third-order valence-corrected chi connectivity index (χ3v) is 2.77. The highest BCUT2D eigenvalue weighted by atomic mass is 16.5. The summed E-state index contributed by atoms with van der Waals surface area (Å²) in [7, 11) is 1.73. The van der Waals surface area contributed by atoms with E-state index in [1.807, 2.05) is 24.3 Å². The average Bonchev–Trinajstić information content (AvgIpc) is 2.35. The minimum Gasteiger partial charge on any atom is -0.492 e. The van der Waals surface area contributed by atoms with E-state index in [1.54, 1.807) is 7.11 Å². The summed E-state index contributed by atoms with van der Waals surface area (Å²) in [6, 6.07) is 7.54. The molecular formula is C15H26N2O2. The fourth-order valence-corrected chi connectivity index (χ4v) is 1.93. The van der Waals surface area contributed by atoms with Gasteiger partial charge in [-0.15, -0.1) is 0 Å². The van der Waals surface area contributed by atoms with Gasteiger partial charge in [0.1, 0.15) is 12.4 Å². The Morgan fingerprint density at radius 2 is 1.95 bits per heavy atom. The fraction of sp³-hybridized carbons (Fsp3) is 0.600. The normalized spacial score (nSPS) is 11.2. The Labute approximate surface area is 116 Å². The second-order valence-corrected chi connectivity index (χ2v) is 5.11. The summed E-state index contributed by atoms with van der Waals surface area (Å²) in [6.07, 6.45) is 0. The molecule has 4 heteroatoms. The molecule has 1 aromatic rings. The maximum Gasteiger partial charge on any atom is 0.121 e. The van der Waals surface area contributed by atoms with E-state index in [2.05, 4.69) is 18.7 Å². The number of hydrogen-bond acceptors (Lipinski definition) is 4. The molecule has 0 aliphatic heterocycles. The molecule has 2 N–H and O–H groups in total. The highest BCUT2D eigenvalue weighted by Gasteiger charge is 2.07. The van der Waals surface area contributed by atoms with Crippen LogP contribution in [-0.4, -0.2) is 44.9 Å². The van der Waals surface area contributed by atoms with Crippen LogP contribution in [0.5, 0.6) is 5.75 Å². The lowest BCUT2D eigenvalue weighted by molar-refractivity contribution is 0.127. The molecule has 0 heterocycles. The number of ether oxygens (including phenoxy) is 2. The molecule has 0 saturated heterocycles. The molecule has 19 heavy (non-hydrogen) atoms. The van der Waals surface area contributed by atoms with Gasteiger partial charge in [0.25, 0.3) is 0 Å². The molecule has 108 valence electrons. The van der Waals surface area contributed by atoms with Crippen molar-refractivity contribution in [2.45, 2.75) is 13.8 Å². The third-order valence-electron chi connectivity index (χ3n) is 2.77. The van der Waals surface area contributed by atoms with Crippen LogP contribution >= 0.6 is 0 Å². The highest BCUT2D eigenvalue weighted by Crippen LogP contribution is 2.14. The summed E-state index contributed by atoms with van der Waals surface area (Å²) < 4.78 is 10.9. The number of methoxy groups -OCH3 is 1. The predicted molar refractivity (Wildman–Crippen MR) is 79.5 cm³/mol. The van der Waals surface area contributed by atoms with Gasteiger partial charge in [-0.2, -0.15) is 0 Å². The molecule has 1 aromatic carbocycles. The van der Waals surface area contributed by atoms with Gasteiger partial charge in [-0.3, -0.25) is 4.90 Å². The Morgan fingerprint density at radius 1 is 1.21 bits per heavy atom. The first-order chi connectivity index (χ1) is 9.11. The van der Waals surface area contributed by atoms with Gasteiger partial charge in [0, 0.05) is 38.5 Å². The van der Waals surface area contributed by atoms with Crippen molar-refractivity contribution >= 4 is 5.69 Å². The van der Waals surface area contributed by atoms with Gasteiger partial charge in [0.2, 0.25) is 0 Å². The molecule has 0 unspecified atom stereocenters. The van der Waals surface area contributed by atoms with Crippen LogP contribution in [0.3, 0.4) is 0 Å². The summed E-state index contributed by atoms with van der Waals surface area (Å²) >= 11 is 0. The van der Waals surface area contributed by atoms with Crippen LogP contribution in [0.25, 0.3) is 0 Å². The number of benzene rings is 1. The summed E-state index contributed by atoms with van der Waals surface area (Å²) in [4.78, 5) is 2.36. The zero-order valence-corrected chi connectivity index (χ0v) is 12.3. The highest BCUT2D eigenvalue weighted by molar-refractivity contribution is 5.43. The largest absolute Gasteiger partial charge is 0.492 e. The first kappa shape index (κ1) is 15.8. The van der Waals surface area contributed by atoms with Gasteiger partial charge in [-0.1, -0.05) is 19.9 Å². The minimum absolute atomic E-state index is 0.643. The van der Waals surface area contributed by atoms with E-state index < -0.39 is 0 Å². The number of anilines is 1. The van der Waals surface area contributed by atoms with Crippen molar-refractivity contribution in [2.24, 2.45) is 5.92 Å². The summed E-state index contributed by atoms with van der Waals surface area (Å²) in [6.45, 7) is 8.76. The Morgan fingerprint density at radius 3 is 2.58 bits per heavy atom. The van der Waals surface area contributed by atoms with Crippen LogP contribution in [0.2, 0.25) is 0 Å². The summed E-state index contributed by atoms with van der Waals surface area (Å²) in [5.74, 6) is 1.47. The number of nitrogen functional groups attached to an aromatic ring is 1. The van der Waals surface area contributed by atoms with E-state index in [4.69, 9.17) is 15.2 Å². The van der Waals surface area contributed by atoms with Crippen molar-refractivity contribution < 1.29 is 9.47 Å². The van der Waals surface area contributed by atoms with Crippen molar-refractivity contribution in [2.75, 3.05) is 45.7 Å². The van der Waals surface area contributed by atoms with Crippen molar-refractivity contribution in [3.63, 3.8) is 0 Å². The van der Waals surface area contributed by atoms with Crippen molar-refractivity contribution in [3.05, 3.63) is 24.3 Å². The molecule has 0 aliphatic carbocycles. The first-order valence-corrected chi connectivity index (χ1v) is 6.81. The van der Waals surface area contributed by atoms with Crippen LogP contribution < -0.4 is 10.5 Å². The maximum absolute atomic E-state index is 5.72. The SMILES string of the molecule is COCCN(CCOc1cccc(N)c1)CC(C)C. The monoisotopic (exact) mass is 266 g/mol. The van der Waals surface area contributed by atoms with E-state index >= 15 is 0 Å². The lowest BCUT2D eigenvalue weighted by atomic mass is 10.2. The smallest absolute Gasteiger partial charge is 0.121 e. The molecule has 0 atom stereocenters. The van der Waals surface area contributed by atoms with Crippen molar-refractivity contribution in [1.29, 1.82) is 0 Å². The lowest BCUT2D eigenvalue weighted by Gasteiger charge is -2.23. The number of rotatable bonds is 9. The molecule has 0 saturated carbocycles. The molecule has 0 spiro atoms.